The zero-order chi connectivity index (χ0) is 23.2. The van der Waals surface area contributed by atoms with Gasteiger partial charge in [0.05, 0.1) is 5.52 Å². The van der Waals surface area contributed by atoms with E-state index in [4.69, 9.17) is 9.47 Å². The van der Waals surface area contributed by atoms with Gasteiger partial charge in [0.25, 0.3) is 11.8 Å². The topological polar surface area (TPSA) is 82.5 Å². The summed E-state index contributed by atoms with van der Waals surface area (Å²) in [7, 11) is 0. The zero-order valence-corrected chi connectivity index (χ0v) is 18.6. The van der Waals surface area contributed by atoms with E-state index in [1.165, 1.54) is 4.68 Å². The highest BCUT2D eigenvalue weighted by Crippen LogP contribution is 2.34. The lowest BCUT2D eigenvalue weighted by Crippen LogP contribution is -2.17. The molecule has 0 unspecified atom stereocenters. The average Bonchev–Trinajstić information content (AvgIpc) is 3.42. The summed E-state index contributed by atoms with van der Waals surface area (Å²) in [6.07, 6.45) is 0. The van der Waals surface area contributed by atoms with Gasteiger partial charge in [-0.3, -0.25) is 9.59 Å². The van der Waals surface area contributed by atoms with Crippen LogP contribution in [0.5, 0.6) is 11.5 Å². The molecule has 166 valence electrons. The molecule has 1 aromatic heterocycles. The molecular formula is C26H23N3O4. The van der Waals surface area contributed by atoms with Crippen molar-refractivity contribution in [1.29, 1.82) is 0 Å². The second kappa shape index (κ2) is 7.78. The molecule has 2 heterocycles. The molecule has 0 saturated heterocycles. The van der Waals surface area contributed by atoms with E-state index in [9.17, 15) is 9.59 Å². The third-order valence-electron chi connectivity index (χ3n) is 5.62. The molecule has 1 aliphatic heterocycles. The smallest absolute Gasteiger partial charge is 0.278 e. The first kappa shape index (κ1) is 20.8. The first-order valence-corrected chi connectivity index (χ1v) is 10.7. The van der Waals surface area contributed by atoms with Crippen LogP contribution in [0.4, 0.5) is 5.69 Å². The van der Waals surface area contributed by atoms with Crippen molar-refractivity contribution in [3.8, 4) is 11.5 Å². The Morgan fingerprint density at radius 2 is 1.67 bits per heavy atom. The number of hydrogen-bond donors (Lipinski definition) is 1. The van der Waals surface area contributed by atoms with Gasteiger partial charge in [0, 0.05) is 22.7 Å². The van der Waals surface area contributed by atoms with Gasteiger partial charge in [-0.05, 0) is 41.3 Å². The number of rotatable bonds is 3. The normalized spacial score (nSPS) is 12.7. The van der Waals surface area contributed by atoms with Crippen molar-refractivity contribution in [1.82, 2.24) is 9.78 Å². The fourth-order valence-corrected chi connectivity index (χ4v) is 3.79. The van der Waals surface area contributed by atoms with Crippen LogP contribution in [0.2, 0.25) is 0 Å². The Morgan fingerprint density at radius 1 is 0.939 bits per heavy atom. The molecular weight excluding hydrogens is 418 g/mol. The van der Waals surface area contributed by atoms with E-state index in [0.717, 1.165) is 5.56 Å². The maximum atomic E-state index is 13.3. The summed E-state index contributed by atoms with van der Waals surface area (Å²) in [5.74, 6) is 0.483. The van der Waals surface area contributed by atoms with E-state index >= 15 is 0 Å². The van der Waals surface area contributed by atoms with Gasteiger partial charge < -0.3 is 14.8 Å². The summed E-state index contributed by atoms with van der Waals surface area (Å²) in [5, 5.41) is 7.83. The van der Waals surface area contributed by atoms with Gasteiger partial charge in [-0.15, -0.1) is 0 Å². The number of ether oxygens (including phenoxy) is 2. The first-order valence-electron chi connectivity index (χ1n) is 10.7. The standard InChI is InChI=1S/C26H23N3O4/c1-26(2,3)17-10-8-16(9-11-17)25(31)29-20-7-5-4-6-19(20)23(28-29)24(30)27-18-12-13-21-22(14-18)33-15-32-21/h4-14H,15H2,1-3H3,(H,27,30). The summed E-state index contributed by atoms with van der Waals surface area (Å²) in [6, 6.07) is 19.8. The number of aromatic nitrogens is 2. The van der Waals surface area contributed by atoms with Crippen molar-refractivity contribution in [2.24, 2.45) is 0 Å². The lowest BCUT2D eigenvalue weighted by atomic mass is 9.87. The number of nitrogens with zero attached hydrogens (tertiary/aromatic N) is 2. The molecule has 0 spiro atoms. The molecule has 1 aliphatic rings. The maximum Gasteiger partial charge on any atom is 0.278 e. The Morgan fingerprint density at radius 3 is 2.42 bits per heavy atom. The Labute approximate surface area is 190 Å². The van der Waals surface area contributed by atoms with E-state index < -0.39 is 5.91 Å². The summed E-state index contributed by atoms with van der Waals surface area (Å²) >= 11 is 0. The number of fused-ring (bicyclic) bond motifs is 2. The molecule has 1 N–H and O–H groups in total. The van der Waals surface area contributed by atoms with E-state index in [0.29, 0.717) is 33.7 Å². The van der Waals surface area contributed by atoms with Crippen molar-refractivity contribution in [2.75, 3.05) is 12.1 Å². The van der Waals surface area contributed by atoms with Gasteiger partial charge in [-0.2, -0.15) is 9.78 Å². The Bertz CT molecular complexity index is 1380. The Hall–Kier alpha value is -4.13. The Kier molecular flexibility index (Phi) is 4.89. The summed E-state index contributed by atoms with van der Waals surface area (Å²) in [6.45, 7) is 6.52. The number of carbonyl (C=O) groups is 2. The minimum Gasteiger partial charge on any atom is -0.454 e. The average molecular weight is 441 g/mol. The number of carbonyl (C=O) groups excluding carboxylic acids is 2. The Balaban J connectivity index is 1.48. The minimum atomic E-state index is -0.417. The second-order valence-electron chi connectivity index (χ2n) is 8.93. The van der Waals surface area contributed by atoms with Crippen LogP contribution in [0.1, 0.15) is 47.2 Å². The molecule has 0 bridgehead atoms. The zero-order valence-electron chi connectivity index (χ0n) is 18.6. The van der Waals surface area contributed by atoms with Crippen molar-refractivity contribution >= 4 is 28.4 Å². The van der Waals surface area contributed by atoms with Crippen molar-refractivity contribution < 1.29 is 19.1 Å². The van der Waals surface area contributed by atoms with E-state index in [2.05, 4.69) is 31.2 Å². The molecule has 4 aromatic rings. The van der Waals surface area contributed by atoms with Crippen molar-refractivity contribution in [3.63, 3.8) is 0 Å². The predicted octanol–water partition coefficient (Wildman–Crippen LogP) is 5.00. The molecule has 0 fully saturated rings. The number of para-hydroxylation sites is 1. The lowest BCUT2D eigenvalue weighted by Gasteiger charge is -2.18. The van der Waals surface area contributed by atoms with E-state index in [1.54, 1.807) is 42.5 Å². The third kappa shape index (κ3) is 3.82. The van der Waals surface area contributed by atoms with Gasteiger partial charge >= 0.3 is 0 Å². The van der Waals surface area contributed by atoms with Crippen molar-refractivity contribution in [2.45, 2.75) is 26.2 Å². The van der Waals surface area contributed by atoms with Crippen molar-refractivity contribution in [3.05, 3.63) is 83.6 Å². The number of nitrogens with one attached hydrogen (secondary N) is 1. The van der Waals surface area contributed by atoms with Gasteiger partial charge in [0.1, 0.15) is 0 Å². The molecule has 0 saturated carbocycles. The fourth-order valence-electron chi connectivity index (χ4n) is 3.79. The van der Waals surface area contributed by atoms with Crippen LogP contribution in [0, 0.1) is 0 Å². The van der Waals surface area contributed by atoms with Crippen LogP contribution in [0.15, 0.2) is 66.7 Å². The number of anilines is 1. The molecule has 0 atom stereocenters. The van der Waals surface area contributed by atoms with Gasteiger partial charge in [-0.1, -0.05) is 51.1 Å². The SMILES string of the molecule is CC(C)(C)c1ccc(C(=O)n2nc(C(=O)Nc3ccc4c(c3)OCO4)c3ccccc32)cc1. The van der Waals surface area contributed by atoms with Crippen LogP contribution in [0.3, 0.4) is 0 Å². The van der Waals surface area contributed by atoms with Gasteiger partial charge in [-0.25, -0.2) is 0 Å². The molecule has 0 radical (unpaired) electrons. The first-order chi connectivity index (χ1) is 15.8. The van der Waals surface area contributed by atoms with Crippen LogP contribution < -0.4 is 14.8 Å². The third-order valence-corrected chi connectivity index (χ3v) is 5.62. The summed E-state index contributed by atoms with van der Waals surface area (Å²) < 4.78 is 12.0. The van der Waals surface area contributed by atoms with Crippen LogP contribution in [-0.4, -0.2) is 28.4 Å². The highest BCUT2D eigenvalue weighted by atomic mass is 16.7. The quantitative estimate of drug-likeness (QED) is 0.484. The molecule has 7 nitrogen and oxygen atoms in total. The summed E-state index contributed by atoms with van der Waals surface area (Å²) in [5.41, 5.74) is 2.90. The van der Waals surface area contributed by atoms with Gasteiger partial charge in [0.15, 0.2) is 17.2 Å². The van der Waals surface area contributed by atoms with Crippen LogP contribution >= 0.6 is 0 Å². The second-order valence-corrected chi connectivity index (χ2v) is 8.93. The summed E-state index contributed by atoms with van der Waals surface area (Å²) in [4.78, 5) is 26.4. The highest BCUT2D eigenvalue weighted by molar-refractivity contribution is 6.13. The molecule has 1 amide bonds. The molecule has 33 heavy (non-hydrogen) atoms. The maximum absolute atomic E-state index is 13.3. The van der Waals surface area contributed by atoms with E-state index in [1.807, 2.05) is 24.3 Å². The molecule has 7 heteroatoms. The predicted molar refractivity (Wildman–Crippen MR) is 125 cm³/mol. The molecule has 0 aliphatic carbocycles. The fraction of sp³-hybridized carbons (Fsp3) is 0.192. The van der Waals surface area contributed by atoms with E-state index in [-0.39, 0.29) is 23.8 Å². The molecule has 3 aromatic carbocycles. The lowest BCUT2D eigenvalue weighted by molar-refractivity contribution is 0.0949. The molecule has 5 rings (SSSR count). The van der Waals surface area contributed by atoms with Crippen LogP contribution in [-0.2, 0) is 5.41 Å². The number of amides is 1. The highest BCUT2D eigenvalue weighted by Gasteiger charge is 2.23. The largest absolute Gasteiger partial charge is 0.454 e. The minimum absolute atomic E-state index is 0.0139. The monoisotopic (exact) mass is 441 g/mol. The van der Waals surface area contributed by atoms with Gasteiger partial charge in [0.2, 0.25) is 6.79 Å². The van der Waals surface area contributed by atoms with Crippen LogP contribution in [0.25, 0.3) is 10.9 Å². The number of hydrogen-bond acceptors (Lipinski definition) is 5. The number of benzene rings is 3.